The molecular weight excluding hydrogens is 282 g/mol. The zero-order valence-corrected chi connectivity index (χ0v) is 11.5. The Labute approximate surface area is 116 Å². The molecule has 0 amide bonds. The molecular formula is C12H13N3O4S. The number of rotatable bonds is 5. The topological polar surface area (TPSA) is 101 Å². The van der Waals surface area contributed by atoms with Gasteiger partial charge in [-0.15, -0.1) is 0 Å². The van der Waals surface area contributed by atoms with Crippen molar-refractivity contribution < 1.29 is 17.9 Å². The van der Waals surface area contributed by atoms with Gasteiger partial charge >= 0.3 is 5.97 Å². The molecule has 106 valence electrons. The van der Waals surface area contributed by atoms with Gasteiger partial charge in [-0.2, -0.15) is 5.10 Å². The van der Waals surface area contributed by atoms with Gasteiger partial charge in [0, 0.05) is 12.7 Å². The molecule has 0 atom stereocenters. The van der Waals surface area contributed by atoms with Crippen LogP contribution in [0.1, 0.15) is 15.9 Å². The van der Waals surface area contributed by atoms with Crippen LogP contribution in [0.4, 0.5) is 0 Å². The van der Waals surface area contributed by atoms with Crippen LogP contribution in [-0.4, -0.2) is 31.7 Å². The van der Waals surface area contributed by atoms with Crippen LogP contribution in [0.5, 0.6) is 0 Å². The Balaban J connectivity index is 2.03. The number of aromatic nitrogens is 2. The lowest BCUT2D eigenvalue weighted by atomic mass is 10.1. The summed E-state index contributed by atoms with van der Waals surface area (Å²) in [4.78, 5) is 11.3. The first-order chi connectivity index (χ1) is 9.53. The van der Waals surface area contributed by atoms with Gasteiger partial charge in [0.25, 0.3) is 0 Å². The zero-order chi connectivity index (χ0) is 14.6. The van der Waals surface area contributed by atoms with Crippen LogP contribution in [0.3, 0.4) is 0 Å². The summed E-state index contributed by atoms with van der Waals surface area (Å²) < 4.78 is 30.7. The van der Waals surface area contributed by atoms with Gasteiger partial charge in [0.1, 0.15) is 4.90 Å². The molecule has 2 N–H and O–H groups in total. The number of sulfonamides is 1. The van der Waals surface area contributed by atoms with E-state index >= 15 is 0 Å². The summed E-state index contributed by atoms with van der Waals surface area (Å²) >= 11 is 0. The highest BCUT2D eigenvalue weighted by Gasteiger charge is 2.14. The molecule has 0 saturated heterocycles. The van der Waals surface area contributed by atoms with Gasteiger partial charge in [0.15, 0.2) is 0 Å². The highest BCUT2D eigenvalue weighted by atomic mass is 32.2. The Hall–Kier alpha value is -2.19. The lowest BCUT2D eigenvalue weighted by molar-refractivity contribution is 0.0600. The Kier molecular flexibility index (Phi) is 4.16. The van der Waals surface area contributed by atoms with E-state index < -0.39 is 16.0 Å². The number of methoxy groups -OCH3 is 1. The van der Waals surface area contributed by atoms with E-state index in [1.54, 1.807) is 24.3 Å². The second-order valence-electron chi connectivity index (χ2n) is 3.95. The molecule has 2 rings (SSSR count). The number of nitrogens with zero attached hydrogens (tertiary/aromatic N) is 1. The van der Waals surface area contributed by atoms with Gasteiger partial charge in [0.05, 0.1) is 18.9 Å². The molecule has 1 aromatic carbocycles. The van der Waals surface area contributed by atoms with Gasteiger partial charge in [-0.05, 0) is 17.7 Å². The lowest BCUT2D eigenvalue weighted by Gasteiger charge is -2.05. The molecule has 2 aromatic rings. The van der Waals surface area contributed by atoms with E-state index in [-0.39, 0.29) is 11.4 Å². The highest BCUT2D eigenvalue weighted by molar-refractivity contribution is 7.89. The van der Waals surface area contributed by atoms with Crippen molar-refractivity contribution in [3.63, 3.8) is 0 Å². The summed E-state index contributed by atoms with van der Waals surface area (Å²) in [6, 6.07) is 6.47. The molecule has 0 unspecified atom stereocenters. The number of ether oxygens (including phenoxy) is 1. The summed E-state index contributed by atoms with van der Waals surface area (Å²) in [7, 11) is -2.28. The molecule has 0 aliphatic carbocycles. The Morgan fingerprint density at radius 3 is 2.60 bits per heavy atom. The Morgan fingerprint density at radius 2 is 2.05 bits per heavy atom. The largest absolute Gasteiger partial charge is 0.465 e. The van der Waals surface area contributed by atoms with Gasteiger partial charge in [-0.3, -0.25) is 5.10 Å². The molecule has 0 fully saturated rings. The number of esters is 1. The van der Waals surface area contributed by atoms with E-state index in [1.807, 2.05) is 0 Å². The number of hydrogen-bond acceptors (Lipinski definition) is 5. The van der Waals surface area contributed by atoms with E-state index in [9.17, 15) is 13.2 Å². The van der Waals surface area contributed by atoms with Crippen LogP contribution in [0.2, 0.25) is 0 Å². The summed E-state index contributed by atoms with van der Waals surface area (Å²) in [6.45, 7) is 0.120. The quantitative estimate of drug-likeness (QED) is 0.790. The van der Waals surface area contributed by atoms with Gasteiger partial charge in [-0.25, -0.2) is 17.9 Å². The van der Waals surface area contributed by atoms with Crippen LogP contribution in [0.15, 0.2) is 41.6 Å². The normalized spacial score (nSPS) is 11.2. The van der Waals surface area contributed by atoms with Gasteiger partial charge < -0.3 is 4.74 Å². The molecule has 20 heavy (non-hydrogen) atoms. The first-order valence-electron chi connectivity index (χ1n) is 5.68. The summed E-state index contributed by atoms with van der Waals surface area (Å²) in [5.74, 6) is -0.435. The number of hydrogen-bond donors (Lipinski definition) is 2. The maximum atomic E-state index is 11.8. The average Bonchev–Trinajstić information content (AvgIpc) is 3.00. The minimum Gasteiger partial charge on any atom is -0.465 e. The third kappa shape index (κ3) is 3.22. The lowest BCUT2D eigenvalue weighted by Crippen LogP contribution is -2.22. The smallest absolute Gasteiger partial charge is 0.337 e. The monoisotopic (exact) mass is 295 g/mol. The third-order valence-corrected chi connectivity index (χ3v) is 3.99. The van der Waals surface area contributed by atoms with Crippen LogP contribution >= 0.6 is 0 Å². The number of carbonyl (C=O) groups excluding carboxylic acids is 1. The standard InChI is InChI=1S/C12H13N3O4S/c1-19-12(16)10-4-2-9(3-5-10)6-15-20(17,18)11-7-13-14-8-11/h2-5,7-8,15H,6H2,1H3,(H,13,14). The van der Waals surface area contributed by atoms with Crippen molar-refractivity contribution in [2.24, 2.45) is 0 Å². The average molecular weight is 295 g/mol. The van der Waals surface area contributed by atoms with Crippen LogP contribution in [0, 0.1) is 0 Å². The fraction of sp³-hybridized carbons (Fsp3) is 0.167. The van der Waals surface area contributed by atoms with Crippen molar-refractivity contribution in [2.75, 3.05) is 7.11 Å². The first-order valence-corrected chi connectivity index (χ1v) is 7.17. The molecule has 1 heterocycles. The Morgan fingerprint density at radius 1 is 1.35 bits per heavy atom. The van der Waals surface area contributed by atoms with Crippen LogP contribution in [0.25, 0.3) is 0 Å². The number of aromatic amines is 1. The summed E-state index contributed by atoms with van der Waals surface area (Å²) in [5.41, 5.74) is 1.14. The predicted molar refractivity (Wildman–Crippen MR) is 70.4 cm³/mol. The fourth-order valence-electron chi connectivity index (χ4n) is 1.52. The highest BCUT2D eigenvalue weighted by Crippen LogP contribution is 2.08. The maximum absolute atomic E-state index is 11.8. The van der Waals surface area contributed by atoms with Crippen molar-refractivity contribution in [3.8, 4) is 0 Å². The van der Waals surface area contributed by atoms with Gasteiger partial charge in [-0.1, -0.05) is 12.1 Å². The molecule has 0 radical (unpaired) electrons. The first kappa shape index (κ1) is 14.2. The van der Waals surface area contributed by atoms with Crippen molar-refractivity contribution in [3.05, 3.63) is 47.8 Å². The van der Waals surface area contributed by atoms with Crippen molar-refractivity contribution in [2.45, 2.75) is 11.4 Å². The number of benzene rings is 1. The third-order valence-electron chi connectivity index (χ3n) is 2.62. The van der Waals surface area contributed by atoms with E-state index in [0.29, 0.717) is 5.56 Å². The molecule has 1 aromatic heterocycles. The number of H-pyrrole nitrogens is 1. The molecule has 0 saturated carbocycles. The number of carbonyl (C=O) groups is 1. The van der Waals surface area contributed by atoms with Crippen LogP contribution < -0.4 is 4.72 Å². The SMILES string of the molecule is COC(=O)c1ccc(CNS(=O)(=O)c2cn[nH]c2)cc1. The van der Waals surface area contributed by atoms with Crippen LogP contribution in [-0.2, 0) is 21.3 Å². The van der Waals surface area contributed by atoms with Crippen molar-refractivity contribution in [1.29, 1.82) is 0 Å². The van der Waals surface area contributed by atoms with Crippen molar-refractivity contribution >= 4 is 16.0 Å². The summed E-state index contributed by atoms with van der Waals surface area (Å²) in [6.07, 6.45) is 2.52. The summed E-state index contributed by atoms with van der Waals surface area (Å²) in [5, 5.41) is 6.03. The zero-order valence-electron chi connectivity index (χ0n) is 10.7. The maximum Gasteiger partial charge on any atom is 0.337 e. The van der Waals surface area contributed by atoms with E-state index in [4.69, 9.17) is 0 Å². The second kappa shape index (κ2) is 5.85. The van der Waals surface area contributed by atoms with E-state index in [1.165, 1.54) is 19.5 Å². The molecule has 0 bridgehead atoms. The van der Waals surface area contributed by atoms with E-state index in [2.05, 4.69) is 19.7 Å². The molecule has 7 nitrogen and oxygen atoms in total. The Bertz CT molecular complexity index is 678. The second-order valence-corrected chi connectivity index (χ2v) is 5.71. The molecule has 0 aliphatic rings. The number of nitrogens with one attached hydrogen (secondary N) is 2. The minimum absolute atomic E-state index is 0.0729. The molecule has 0 spiro atoms. The van der Waals surface area contributed by atoms with E-state index in [0.717, 1.165) is 5.56 Å². The molecule has 0 aliphatic heterocycles. The molecule has 8 heteroatoms. The fourth-order valence-corrected chi connectivity index (χ4v) is 2.45. The van der Waals surface area contributed by atoms with Crippen molar-refractivity contribution in [1.82, 2.24) is 14.9 Å². The predicted octanol–water partition coefficient (Wildman–Crippen LogP) is 0.675. The van der Waals surface area contributed by atoms with Gasteiger partial charge in [0.2, 0.25) is 10.0 Å². The minimum atomic E-state index is -3.58.